The quantitative estimate of drug-likeness (QED) is 0.785. The van der Waals surface area contributed by atoms with E-state index in [2.05, 4.69) is 0 Å². The standard InChI is InChI=1S/C18H21O3P.H2O/c1-5-21-22(20,16-9-7-6-8-10-16)18(19)17-14(3)11-13(2)12-15(17)4;/h6-12H,5H2,1-4H3;1H2. The minimum atomic E-state index is -3.59. The van der Waals surface area contributed by atoms with Gasteiger partial charge in [0, 0.05) is 10.9 Å². The number of benzene rings is 2. The summed E-state index contributed by atoms with van der Waals surface area (Å²) in [6, 6.07) is 12.6. The fraction of sp³-hybridized carbons (Fsp3) is 0.278. The van der Waals surface area contributed by atoms with Crippen LogP contribution < -0.4 is 5.30 Å². The highest BCUT2D eigenvalue weighted by Crippen LogP contribution is 2.49. The molecule has 0 aliphatic rings. The zero-order valence-corrected chi connectivity index (χ0v) is 14.8. The Hall–Kier alpha value is -1.74. The number of hydrogen-bond acceptors (Lipinski definition) is 3. The monoisotopic (exact) mass is 334 g/mol. The molecular weight excluding hydrogens is 311 g/mol. The minimum absolute atomic E-state index is 0. The first-order valence-electron chi connectivity index (χ1n) is 7.33. The number of hydrogen-bond donors (Lipinski definition) is 0. The highest BCUT2D eigenvalue weighted by atomic mass is 31.2. The van der Waals surface area contributed by atoms with Gasteiger partial charge in [0.15, 0.2) is 0 Å². The van der Waals surface area contributed by atoms with E-state index in [1.807, 2.05) is 39.0 Å². The lowest BCUT2D eigenvalue weighted by Gasteiger charge is -2.19. The average Bonchev–Trinajstić information content (AvgIpc) is 2.47. The average molecular weight is 334 g/mol. The third-order valence-electron chi connectivity index (χ3n) is 3.57. The molecule has 0 aliphatic heterocycles. The van der Waals surface area contributed by atoms with Crippen LogP contribution in [0.2, 0.25) is 0 Å². The Morgan fingerprint density at radius 1 is 1.04 bits per heavy atom. The maximum atomic E-state index is 13.3. The molecule has 1 atom stereocenters. The van der Waals surface area contributed by atoms with E-state index in [9.17, 15) is 9.36 Å². The fourth-order valence-electron chi connectivity index (χ4n) is 2.72. The normalized spacial score (nSPS) is 13.0. The summed E-state index contributed by atoms with van der Waals surface area (Å²) in [4.78, 5) is 13.0. The summed E-state index contributed by atoms with van der Waals surface area (Å²) in [5.74, 6) is 0. The lowest BCUT2D eigenvalue weighted by Crippen LogP contribution is -2.17. The largest absolute Gasteiger partial charge is 0.412 e. The van der Waals surface area contributed by atoms with Crippen molar-refractivity contribution in [3.05, 3.63) is 64.7 Å². The molecule has 2 aromatic rings. The molecule has 0 fully saturated rings. The topological polar surface area (TPSA) is 74.9 Å². The molecule has 124 valence electrons. The summed E-state index contributed by atoms with van der Waals surface area (Å²) in [6.45, 7) is 7.69. The van der Waals surface area contributed by atoms with Crippen molar-refractivity contribution < 1.29 is 19.4 Å². The zero-order valence-electron chi connectivity index (χ0n) is 13.9. The van der Waals surface area contributed by atoms with Crippen LogP contribution in [-0.4, -0.2) is 17.6 Å². The third-order valence-corrected chi connectivity index (χ3v) is 5.92. The van der Waals surface area contributed by atoms with Gasteiger partial charge in [-0.2, -0.15) is 0 Å². The van der Waals surface area contributed by atoms with Crippen molar-refractivity contribution in [1.82, 2.24) is 0 Å². The van der Waals surface area contributed by atoms with Gasteiger partial charge in [0.25, 0.3) is 5.52 Å². The Balaban J connectivity index is 0.00000264. The molecule has 0 saturated carbocycles. The molecule has 0 saturated heterocycles. The number of rotatable bonds is 5. The van der Waals surface area contributed by atoms with Crippen LogP contribution >= 0.6 is 7.37 Å². The molecular formula is C18H23O4P. The Bertz CT molecular complexity index is 715. The Morgan fingerprint density at radius 2 is 1.57 bits per heavy atom. The summed E-state index contributed by atoms with van der Waals surface area (Å²) in [5, 5.41) is 0.446. The third kappa shape index (κ3) is 3.78. The number of carbonyl (C=O) groups excluding carboxylic acids is 1. The second-order valence-electron chi connectivity index (χ2n) is 5.38. The summed E-state index contributed by atoms with van der Waals surface area (Å²) < 4.78 is 18.8. The van der Waals surface area contributed by atoms with Crippen LogP contribution in [0.25, 0.3) is 0 Å². The van der Waals surface area contributed by atoms with Gasteiger partial charge in [-0.1, -0.05) is 35.9 Å². The van der Waals surface area contributed by atoms with E-state index in [1.165, 1.54) is 0 Å². The van der Waals surface area contributed by atoms with E-state index in [-0.39, 0.29) is 12.1 Å². The van der Waals surface area contributed by atoms with Gasteiger partial charge in [-0.25, -0.2) is 0 Å². The summed E-state index contributed by atoms with van der Waals surface area (Å²) in [7, 11) is -3.59. The van der Waals surface area contributed by atoms with Gasteiger partial charge >= 0.3 is 7.37 Å². The van der Waals surface area contributed by atoms with E-state index < -0.39 is 12.9 Å². The molecule has 2 aromatic carbocycles. The SMILES string of the molecule is CCOP(=O)(C(=O)c1c(C)cc(C)cc1C)c1ccccc1.O. The van der Waals surface area contributed by atoms with Gasteiger partial charge < -0.3 is 10.00 Å². The van der Waals surface area contributed by atoms with Crippen LogP contribution in [0.1, 0.15) is 34.0 Å². The van der Waals surface area contributed by atoms with Gasteiger partial charge in [0.1, 0.15) is 0 Å². The molecule has 0 aromatic heterocycles. The maximum absolute atomic E-state index is 13.3. The minimum Gasteiger partial charge on any atom is -0.412 e. The summed E-state index contributed by atoms with van der Waals surface area (Å²) in [6.07, 6.45) is 0. The first-order valence-corrected chi connectivity index (χ1v) is 8.95. The van der Waals surface area contributed by atoms with E-state index in [0.717, 1.165) is 16.7 Å². The van der Waals surface area contributed by atoms with Gasteiger partial charge in [0.05, 0.1) is 6.61 Å². The summed E-state index contributed by atoms with van der Waals surface area (Å²) >= 11 is 0. The molecule has 0 radical (unpaired) electrons. The second-order valence-corrected chi connectivity index (χ2v) is 7.67. The van der Waals surface area contributed by atoms with E-state index in [0.29, 0.717) is 10.9 Å². The highest BCUT2D eigenvalue weighted by molar-refractivity contribution is 7.83. The van der Waals surface area contributed by atoms with Crippen LogP contribution in [0.15, 0.2) is 42.5 Å². The molecule has 0 aliphatic carbocycles. The molecule has 23 heavy (non-hydrogen) atoms. The first kappa shape index (κ1) is 19.3. The van der Waals surface area contributed by atoms with E-state index in [1.54, 1.807) is 31.2 Å². The lowest BCUT2D eigenvalue weighted by atomic mass is 10.0. The Kier molecular flexibility index (Phi) is 6.46. The summed E-state index contributed by atoms with van der Waals surface area (Å²) in [5.41, 5.74) is 2.83. The Morgan fingerprint density at radius 3 is 2.04 bits per heavy atom. The zero-order chi connectivity index (χ0) is 16.3. The smallest absolute Gasteiger partial charge is 0.300 e. The van der Waals surface area contributed by atoms with Gasteiger partial charge in [-0.3, -0.25) is 9.36 Å². The van der Waals surface area contributed by atoms with Crippen LogP contribution in [0.3, 0.4) is 0 Å². The highest BCUT2D eigenvalue weighted by Gasteiger charge is 2.37. The van der Waals surface area contributed by atoms with Crippen molar-refractivity contribution in [1.29, 1.82) is 0 Å². The van der Waals surface area contributed by atoms with Crippen molar-refractivity contribution >= 4 is 18.2 Å². The van der Waals surface area contributed by atoms with Crippen LogP contribution in [0.5, 0.6) is 0 Å². The second kappa shape index (κ2) is 7.69. The molecule has 2 N–H and O–H groups in total. The maximum Gasteiger partial charge on any atom is 0.300 e. The van der Waals surface area contributed by atoms with Crippen LogP contribution in [0, 0.1) is 20.8 Å². The van der Waals surface area contributed by atoms with Crippen molar-refractivity contribution in [3.63, 3.8) is 0 Å². The molecule has 1 unspecified atom stereocenters. The molecule has 4 nitrogen and oxygen atoms in total. The van der Waals surface area contributed by atoms with Crippen molar-refractivity contribution in [2.24, 2.45) is 0 Å². The molecule has 2 rings (SSSR count). The Labute approximate surface area is 137 Å². The van der Waals surface area contributed by atoms with E-state index >= 15 is 0 Å². The predicted molar refractivity (Wildman–Crippen MR) is 93.9 cm³/mol. The number of carbonyl (C=O) groups is 1. The van der Waals surface area contributed by atoms with Crippen LogP contribution in [-0.2, 0) is 9.09 Å². The first-order chi connectivity index (χ1) is 10.4. The predicted octanol–water partition coefficient (Wildman–Crippen LogP) is 3.57. The molecule has 0 spiro atoms. The molecule has 0 amide bonds. The van der Waals surface area contributed by atoms with Gasteiger partial charge in [-0.05, 0) is 51.0 Å². The molecule has 0 heterocycles. The molecule has 5 heteroatoms. The lowest BCUT2D eigenvalue weighted by molar-refractivity contribution is 0.105. The van der Waals surface area contributed by atoms with Gasteiger partial charge in [-0.15, -0.1) is 0 Å². The van der Waals surface area contributed by atoms with Crippen molar-refractivity contribution in [2.45, 2.75) is 27.7 Å². The van der Waals surface area contributed by atoms with E-state index in [4.69, 9.17) is 4.52 Å². The number of aryl methyl sites for hydroxylation is 3. The van der Waals surface area contributed by atoms with Crippen LogP contribution in [0.4, 0.5) is 0 Å². The van der Waals surface area contributed by atoms with Crippen molar-refractivity contribution in [3.8, 4) is 0 Å². The van der Waals surface area contributed by atoms with Gasteiger partial charge in [0.2, 0.25) is 0 Å². The molecule has 0 bridgehead atoms. The fourth-order valence-corrected chi connectivity index (χ4v) is 4.80. The van der Waals surface area contributed by atoms with Crippen molar-refractivity contribution in [2.75, 3.05) is 6.61 Å².